The maximum atomic E-state index is 12.5. The van der Waals surface area contributed by atoms with Gasteiger partial charge in [0.25, 0.3) is 5.56 Å². The highest BCUT2D eigenvalue weighted by Crippen LogP contribution is 2.24. The van der Waals surface area contributed by atoms with Crippen LogP contribution in [0.25, 0.3) is 22.1 Å². The minimum atomic E-state index is -0.314. The number of carbonyl (C=O) groups excluding carboxylic acids is 1. The smallest absolute Gasteiger partial charge is 0.297 e. The molecule has 0 aliphatic carbocycles. The van der Waals surface area contributed by atoms with Crippen molar-refractivity contribution in [1.82, 2.24) is 14.7 Å². The lowest BCUT2D eigenvalue weighted by molar-refractivity contribution is -0.116. The second-order valence-corrected chi connectivity index (χ2v) is 5.64. The average Bonchev–Trinajstić information content (AvgIpc) is 3.18. The number of carbonyl (C=O) groups is 1. The number of amides is 1. The molecular formula is C17H14N4O4. The van der Waals surface area contributed by atoms with E-state index in [4.69, 9.17) is 8.94 Å². The van der Waals surface area contributed by atoms with E-state index in [2.05, 4.69) is 15.5 Å². The fraction of sp³-hybridized carbons (Fsp3) is 0.176. The highest BCUT2D eigenvalue weighted by molar-refractivity contribution is 6.01. The van der Waals surface area contributed by atoms with Gasteiger partial charge in [-0.05, 0) is 19.1 Å². The fourth-order valence-electron chi connectivity index (χ4n) is 2.63. The first-order valence-corrected chi connectivity index (χ1v) is 7.71. The van der Waals surface area contributed by atoms with Crippen molar-refractivity contribution in [2.45, 2.75) is 19.9 Å². The Morgan fingerprint density at radius 2 is 2.16 bits per heavy atom. The summed E-state index contributed by atoms with van der Waals surface area (Å²) in [6.07, 6.45) is 1.53. The summed E-state index contributed by atoms with van der Waals surface area (Å²) in [4.78, 5) is 28.8. The standard InChI is InChI=1S/C17H14N4O4/c1-10-8-13(20-25-10)19-14(22)6-7-21-9-18-15-11-4-2-3-5-12(11)24-16(15)17(21)23/h2-5,8-9H,6-7H2,1H3,(H,19,20,22). The van der Waals surface area contributed by atoms with Crippen molar-refractivity contribution in [2.75, 3.05) is 5.32 Å². The van der Waals surface area contributed by atoms with E-state index in [-0.39, 0.29) is 30.0 Å². The van der Waals surface area contributed by atoms with E-state index in [0.29, 0.717) is 22.7 Å². The third-order valence-electron chi connectivity index (χ3n) is 3.83. The monoisotopic (exact) mass is 338 g/mol. The molecule has 0 fully saturated rings. The topological polar surface area (TPSA) is 103 Å². The lowest BCUT2D eigenvalue weighted by Crippen LogP contribution is -2.23. The molecule has 4 rings (SSSR count). The van der Waals surface area contributed by atoms with Gasteiger partial charge in [0, 0.05) is 24.4 Å². The normalized spacial score (nSPS) is 11.2. The zero-order chi connectivity index (χ0) is 17.4. The van der Waals surface area contributed by atoms with Crippen LogP contribution in [0.1, 0.15) is 12.2 Å². The van der Waals surface area contributed by atoms with Gasteiger partial charge >= 0.3 is 0 Å². The molecule has 1 aromatic carbocycles. The van der Waals surface area contributed by atoms with E-state index < -0.39 is 0 Å². The summed E-state index contributed by atoms with van der Waals surface area (Å²) in [7, 11) is 0. The Hall–Kier alpha value is -3.42. The highest BCUT2D eigenvalue weighted by atomic mass is 16.5. The van der Waals surface area contributed by atoms with Gasteiger partial charge < -0.3 is 14.3 Å². The first-order chi connectivity index (χ1) is 12.1. The molecule has 4 aromatic rings. The number of aryl methyl sites for hydroxylation is 2. The third kappa shape index (κ3) is 2.78. The van der Waals surface area contributed by atoms with Crippen LogP contribution in [0.5, 0.6) is 0 Å². The van der Waals surface area contributed by atoms with Gasteiger partial charge in [0.2, 0.25) is 11.5 Å². The zero-order valence-corrected chi connectivity index (χ0v) is 13.4. The summed E-state index contributed by atoms with van der Waals surface area (Å²) >= 11 is 0. The van der Waals surface area contributed by atoms with Gasteiger partial charge in [0.1, 0.15) is 16.9 Å². The molecule has 8 heteroatoms. The second kappa shape index (κ2) is 5.90. The molecule has 25 heavy (non-hydrogen) atoms. The van der Waals surface area contributed by atoms with Crippen LogP contribution in [-0.4, -0.2) is 20.6 Å². The van der Waals surface area contributed by atoms with Gasteiger partial charge in [-0.1, -0.05) is 17.3 Å². The van der Waals surface area contributed by atoms with Crippen molar-refractivity contribution in [2.24, 2.45) is 0 Å². The van der Waals surface area contributed by atoms with Crippen LogP contribution in [0, 0.1) is 6.92 Å². The first-order valence-electron chi connectivity index (χ1n) is 7.71. The SMILES string of the molecule is Cc1cc(NC(=O)CCn2cnc3c(oc4ccccc43)c2=O)no1. The van der Waals surface area contributed by atoms with Crippen molar-refractivity contribution < 1.29 is 13.7 Å². The lowest BCUT2D eigenvalue weighted by Gasteiger charge is -2.04. The molecule has 1 amide bonds. The summed E-state index contributed by atoms with van der Waals surface area (Å²) in [5.74, 6) is 0.677. The van der Waals surface area contributed by atoms with E-state index in [1.54, 1.807) is 19.1 Å². The minimum absolute atomic E-state index is 0.0965. The largest absolute Gasteiger partial charge is 0.448 e. The van der Waals surface area contributed by atoms with Crippen LogP contribution in [-0.2, 0) is 11.3 Å². The van der Waals surface area contributed by atoms with Crippen molar-refractivity contribution in [3.63, 3.8) is 0 Å². The van der Waals surface area contributed by atoms with Crippen LogP contribution < -0.4 is 10.9 Å². The Morgan fingerprint density at radius 1 is 1.32 bits per heavy atom. The van der Waals surface area contributed by atoms with Gasteiger partial charge in [-0.3, -0.25) is 14.2 Å². The van der Waals surface area contributed by atoms with E-state index in [9.17, 15) is 9.59 Å². The number of rotatable bonds is 4. The van der Waals surface area contributed by atoms with Crippen molar-refractivity contribution >= 4 is 33.8 Å². The maximum Gasteiger partial charge on any atom is 0.297 e. The number of benzene rings is 1. The van der Waals surface area contributed by atoms with Crippen molar-refractivity contribution in [3.8, 4) is 0 Å². The number of anilines is 1. The molecule has 0 aliphatic rings. The Bertz CT molecular complexity index is 1140. The number of para-hydroxylation sites is 1. The van der Waals surface area contributed by atoms with Crippen LogP contribution in [0.15, 0.2) is 50.4 Å². The molecule has 0 atom stereocenters. The summed E-state index contributed by atoms with van der Waals surface area (Å²) in [6, 6.07) is 8.95. The molecule has 0 saturated heterocycles. The summed E-state index contributed by atoms with van der Waals surface area (Å²) in [5, 5.41) is 7.09. The molecule has 0 radical (unpaired) electrons. The molecule has 1 N–H and O–H groups in total. The number of aromatic nitrogens is 3. The van der Waals surface area contributed by atoms with E-state index in [1.165, 1.54) is 10.9 Å². The molecule has 0 spiro atoms. The van der Waals surface area contributed by atoms with Gasteiger partial charge in [-0.25, -0.2) is 4.98 Å². The number of hydrogen-bond acceptors (Lipinski definition) is 6. The lowest BCUT2D eigenvalue weighted by atomic mass is 10.2. The van der Waals surface area contributed by atoms with Crippen LogP contribution >= 0.6 is 0 Å². The number of furan rings is 1. The molecule has 8 nitrogen and oxygen atoms in total. The van der Waals surface area contributed by atoms with Gasteiger partial charge in [0.15, 0.2) is 5.82 Å². The van der Waals surface area contributed by atoms with E-state index in [0.717, 1.165) is 5.39 Å². The quantitative estimate of drug-likeness (QED) is 0.613. The van der Waals surface area contributed by atoms with Crippen molar-refractivity contribution in [3.05, 3.63) is 52.8 Å². The minimum Gasteiger partial charge on any atom is -0.448 e. The summed E-state index contributed by atoms with van der Waals surface area (Å²) in [6.45, 7) is 1.91. The van der Waals surface area contributed by atoms with Gasteiger partial charge in [-0.15, -0.1) is 0 Å². The molecule has 0 saturated carbocycles. The Balaban J connectivity index is 1.55. The number of nitrogens with zero attached hydrogens (tertiary/aromatic N) is 3. The summed E-state index contributed by atoms with van der Waals surface area (Å²) in [5.41, 5.74) is 1.01. The molecule has 0 bridgehead atoms. The highest BCUT2D eigenvalue weighted by Gasteiger charge is 2.14. The predicted molar refractivity (Wildman–Crippen MR) is 90.3 cm³/mol. The third-order valence-corrected chi connectivity index (χ3v) is 3.83. The van der Waals surface area contributed by atoms with Crippen LogP contribution in [0.2, 0.25) is 0 Å². The van der Waals surface area contributed by atoms with Crippen LogP contribution in [0.3, 0.4) is 0 Å². The molecule has 126 valence electrons. The molecule has 0 aliphatic heterocycles. The summed E-state index contributed by atoms with van der Waals surface area (Å²) < 4.78 is 11.9. The van der Waals surface area contributed by atoms with E-state index >= 15 is 0 Å². The zero-order valence-electron chi connectivity index (χ0n) is 13.4. The van der Waals surface area contributed by atoms with Gasteiger partial charge in [-0.2, -0.15) is 0 Å². The fourth-order valence-corrected chi connectivity index (χ4v) is 2.63. The average molecular weight is 338 g/mol. The first kappa shape index (κ1) is 15.1. The Morgan fingerprint density at radius 3 is 2.96 bits per heavy atom. The number of hydrogen-bond donors (Lipinski definition) is 1. The van der Waals surface area contributed by atoms with Crippen LogP contribution in [0.4, 0.5) is 5.82 Å². The molecule has 0 unspecified atom stereocenters. The maximum absolute atomic E-state index is 12.5. The predicted octanol–water partition coefficient (Wildman–Crippen LogP) is 2.47. The molecular weight excluding hydrogens is 324 g/mol. The Labute approximate surface area is 141 Å². The molecule has 3 heterocycles. The molecule has 3 aromatic heterocycles. The van der Waals surface area contributed by atoms with Gasteiger partial charge in [0.05, 0.1) is 6.33 Å². The van der Waals surface area contributed by atoms with E-state index in [1.807, 2.05) is 18.2 Å². The Kier molecular flexibility index (Phi) is 3.57. The number of nitrogens with one attached hydrogen (secondary N) is 1. The number of fused-ring (bicyclic) bond motifs is 3. The second-order valence-electron chi connectivity index (χ2n) is 5.64. The van der Waals surface area contributed by atoms with Crippen molar-refractivity contribution in [1.29, 1.82) is 0 Å².